The lowest BCUT2D eigenvalue weighted by atomic mass is 10.1. The molecule has 0 saturated carbocycles. The number of nitrogens with zero attached hydrogens (tertiary/aromatic N) is 1. The van der Waals surface area contributed by atoms with Crippen molar-refractivity contribution in [3.05, 3.63) is 80.5 Å². The van der Waals surface area contributed by atoms with Crippen LogP contribution >= 0.6 is 34.8 Å². The van der Waals surface area contributed by atoms with Crippen LogP contribution in [-0.4, -0.2) is 26.8 Å². The van der Waals surface area contributed by atoms with E-state index in [9.17, 15) is 18.0 Å². The minimum atomic E-state index is -4.20. The number of nitriles is 1. The number of rotatable bonds is 9. The van der Waals surface area contributed by atoms with Gasteiger partial charge in [-0.15, -0.1) is 0 Å². The van der Waals surface area contributed by atoms with Crippen LogP contribution in [0.2, 0.25) is 15.1 Å². The first-order chi connectivity index (χ1) is 17.9. The molecule has 0 aliphatic heterocycles. The van der Waals surface area contributed by atoms with Crippen LogP contribution < -0.4 is 20.5 Å². The molecular formula is C24H18Cl3FN4O5S. The van der Waals surface area contributed by atoms with Crippen LogP contribution in [0.1, 0.15) is 17.5 Å². The summed E-state index contributed by atoms with van der Waals surface area (Å²) in [6.45, 7) is -0.0301. The number of amides is 2. The largest absolute Gasteiger partial charge is 0.453 e. The molecule has 38 heavy (non-hydrogen) atoms. The zero-order valence-corrected chi connectivity index (χ0v) is 22.3. The summed E-state index contributed by atoms with van der Waals surface area (Å²) in [5.41, 5.74) is 5.41. The average molecular weight is 600 g/mol. The summed E-state index contributed by atoms with van der Waals surface area (Å²) in [5.74, 6) is -2.67. The Morgan fingerprint density at radius 2 is 1.76 bits per heavy atom. The molecule has 0 spiro atoms. The van der Waals surface area contributed by atoms with Crippen LogP contribution in [0.25, 0.3) is 0 Å². The molecular weight excluding hydrogens is 582 g/mol. The maximum atomic E-state index is 15.2. The van der Waals surface area contributed by atoms with E-state index in [0.717, 1.165) is 12.1 Å². The van der Waals surface area contributed by atoms with Gasteiger partial charge < -0.3 is 15.8 Å². The van der Waals surface area contributed by atoms with Crippen molar-refractivity contribution >= 4 is 62.3 Å². The Morgan fingerprint density at radius 1 is 1.03 bits per heavy atom. The zero-order chi connectivity index (χ0) is 28.0. The van der Waals surface area contributed by atoms with Gasteiger partial charge >= 0.3 is 0 Å². The Kier molecular flexibility index (Phi) is 9.54. The first-order valence-electron chi connectivity index (χ1n) is 10.6. The lowest BCUT2D eigenvalue weighted by molar-refractivity contribution is -0.119. The van der Waals surface area contributed by atoms with Gasteiger partial charge in [-0.2, -0.15) is 5.26 Å². The number of hydrogen-bond acceptors (Lipinski definition) is 7. The Labute approximate surface area is 232 Å². The van der Waals surface area contributed by atoms with Crippen molar-refractivity contribution in [3.8, 4) is 17.6 Å². The number of carbonyl (C=O) groups excluding carboxylic acids is 2. The first kappa shape index (κ1) is 29.2. The third-order valence-corrected chi connectivity index (χ3v) is 7.04. The molecule has 0 unspecified atom stereocenters. The third kappa shape index (κ3) is 7.34. The van der Waals surface area contributed by atoms with E-state index >= 15 is 4.39 Å². The van der Waals surface area contributed by atoms with Gasteiger partial charge in [-0.1, -0.05) is 40.9 Å². The van der Waals surface area contributed by atoms with Crippen molar-refractivity contribution in [2.45, 2.75) is 17.7 Å². The SMILES string of the molecule is N#Cc1cc(Cl)cc(Oc2c(Cl)ccc(CC(=O)Nc3ccc(S(=O)(=O)NC(=O)CCN)cc3Cl)c2F)c1. The van der Waals surface area contributed by atoms with Gasteiger partial charge in [0, 0.05) is 23.6 Å². The van der Waals surface area contributed by atoms with E-state index in [1.165, 1.54) is 36.4 Å². The minimum Gasteiger partial charge on any atom is -0.453 e. The van der Waals surface area contributed by atoms with Gasteiger partial charge in [0.1, 0.15) is 5.75 Å². The van der Waals surface area contributed by atoms with E-state index in [1.807, 2.05) is 10.8 Å². The highest BCUT2D eigenvalue weighted by Crippen LogP contribution is 2.35. The summed E-state index contributed by atoms with van der Waals surface area (Å²) in [5, 5.41) is 11.5. The molecule has 3 aromatic rings. The van der Waals surface area contributed by atoms with Crippen LogP contribution in [-0.2, 0) is 26.0 Å². The maximum absolute atomic E-state index is 15.2. The molecule has 198 valence electrons. The monoisotopic (exact) mass is 598 g/mol. The van der Waals surface area contributed by atoms with E-state index in [0.29, 0.717) is 0 Å². The molecule has 0 aliphatic carbocycles. The van der Waals surface area contributed by atoms with Gasteiger partial charge in [0.2, 0.25) is 11.8 Å². The minimum absolute atomic E-state index is 0.0301. The molecule has 0 aromatic heterocycles. The fraction of sp³-hybridized carbons (Fsp3) is 0.125. The zero-order valence-electron chi connectivity index (χ0n) is 19.2. The van der Waals surface area contributed by atoms with Crippen molar-refractivity contribution < 1.29 is 27.1 Å². The van der Waals surface area contributed by atoms with Crippen molar-refractivity contribution in [3.63, 3.8) is 0 Å². The molecule has 0 heterocycles. The molecule has 2 amide bonds. The second kappa shape index (κ2) is 12.4. The molecule has 0 fully saturated rings. The molecule has 3 rings (SSSR count). The van der Waals surface area contributed by atoms with Crippen LogP contribution in [0, 0.1) is 17.1 Å². The number of benzene rings is 3. The Balaban J connectivity index is 1.76. The van der Waals surface area contributed by atoms with Crippen molar-refractivity contribution in [1.82, 2.24) is 4.72 Å². The van der Waals surface area contributed by atoms with Gasteiger partial charge in [-0.05, 0) is 42.5 Å². The molecule has 0 atom stereocenters. The van der Waals surface area contributed by atoms with E-state index < -0.39 is 34.1 Å². The summed E-state index contributed by atoms with van der Waals surface area (Å²) in [6.07, 6.45) is -0.640. The van der Waals surface area contributed by atoms with Crippen LogP contribution in [0.5, 0.6) is 11.5 Å². The number of nitrogens with two attached hydrogens (primary N) is 1. The molecule has 0 radical (unpaired) electrons. The van der Waals surface area contributed by atoms with Crippen molar-refractivity contribution in [1.29, 1.82) is 5.26 Å². The van der Waals surface area contributed by atoms with Gasteiger partial charge in [-0.25, -0.2) is 17.5 Å². The topological polar surface area (TPSA) is 151 Å². The standard InChI is InChI=1S/C24H18Cl3FN4O5S/c25-15-7-13(12-30)8-16(10-15)37-24-18(26)3-1-14(23(24)28)9-22(34)31-20-4-2-17(11-19(20)27)38(35,36)32-21(33)5-6-29/h1-4,7-8,10-11H,5-6,9,29H2,(H,31,34)(H,32,33). The maximum Gasteiger partial charge on any atom is 0.264 e. The fourth-order valence-corrected chi connectivity index (χ4v) is 4.87. The van der Waals surface area contributed by atoms with Gasteiger partial charge in [0.15, 0.2) is 11.6 Å². The number of anilines is 1. The van der Waals surface area contributed by atoms with Crippen LogP contribution in [0.15, 0.2) is 53.4 Å². The third-order valence-electron chi connectivity index (χ3n) is 4.84. The van der Waals surface area contributed by atoms with Crippen molar-refractivity contribution in [2.24, 2.45) is 5.73 Å². The Hall–Kier alpha value is -3.40. The number of ether oxygens (including phenoxy) is 1. The quantitative estimate of drug-likeness (QED) is 0.320. The molecule has 0 saturated heterocycles. The van der Waals surface area contributed by atoms with Crippen LogP contribution in [0.3, 0.4) is 0 Å². The molecule has 4 N–H and O–H groups in total. The number of carbonyl (C=O) groups is 2. The number of nitrogens with one attached hydrogen (secondary N) is 2. The van der Waals surface area contributed by atoms with Crippen LogP contribution in [0.4, 0.5) is 10.1 Å². The highest BCUT2D eigenvalue weighted by Gasteiger charge is 2.21. The molecule has 14 heteroatoms. The summed E-state index contributed by atoms with van der Waals surface area (Å²) in [7, 11) is -4.20. The lowest BCUT2D eigenvalue weighted by Gasteiger charge is -2.13. The predicted octanol–water partition coefficient (Wildman–Crippen LogP) is 4.78. The van der Waals surface area contributed by atoms with E-state index in [-0.39, 0.29) is 61.2 Å². The van der Waals surface area contributed by atoms with Gasteiger partial charge in [0.25, 0.3) is 10.0 Å². The summed E-state index contributed by atoms with van der Waals surface area (Å²) in [6, 6.07) is 12.1. The Bertz CT molecular complexity index is 1560. The summed E-state index contributed by atoms with van der Waals surface area (Å²) >= 11 is 18.2. The van der Waals surface area contributed by atoms with Gasteiger partial charge in [-0.3, -0.25) is 9.59 Å². The second-order valence-electron chi connectivity index (χ2n) is 7.67. The smallest absolute Gasteiger partial charge is 0.264 e. The van der Waals surface area contributed by atoms with E-state index in [2.05, 4.69) is 5.32 Å². The normalized spacial score (nSPS) is 10.9. The van der Waals surface area contributed by atoms with Gasteiger partial charge in [0.05, 0.1) is 38.7 Å². The number of hydrogen-bond donors (Lipinski definition) is 3. The predicted molar refractivity (Wildman–Crippen MR) is 140 cm³/mol. The second-order valence-corrected chi connectivity index (χ2v) is 10.6. The van der Waals surface area contributed by atoms with E-state index in [1.54, 1.807) is 0 Å². The lowest BCUT2D eigenvalue weighted by Crippen LogP contribution is -2.31. The number of sulfonamides is 1. The molecule has 9 nitrogen and oxygen atoms in total. The Morgan fingerprint density at radius 3 is 2.42 bits per heavy atom. The summed E-state index contributed by atoms with van der Waals surface area (Å²) < 4.78 is 47.2. The van der Waals surface area contributed by atoms with E-state index in [4.69, 9.17) is 50.5 Å². The molecule has 3 aromatic carbocycles. The first-order valence-corrected chi connectivity index (χ1v) is 13.3. The highest BCUT2D eigenvalue weighted by molar-refractivity contribution is 7.90. The highest BCUT2D eigenvalue weighted by atomic mass is 35.5. The van der Waals surface area contributed by atoms with Crippen molar-refractivity contribution in [2.75, 3.05) is 11.9 Å². The fourth-order valence-electron chi connectivity index (χ4n) is 3.13. The number of halogens is 4. The molecule has 0 bridgehead atoms. The average Bonchev–Trinajstić information content (AvgIpc) is 2.84. The molecule has 0 aliphatic rings. The summed E-state index contributed by atoms with van der Waals surface area (Å²) in [4.78, 5) is 23.9.